The highest BCUT2D eigenvalue weighted by atomic mass is 32.1. The van der Waals surface area contributed by atoms with Crippen LogP contribution in [0.5, 0.6) is 0 Å². The second kappa shape index (κ2) is 5.36. The number of nitrogens with zero attached hydrogens (tertiary/aromatic N) is 2. The third kappa shape index (κ3) is 3.19. The molecule has 1 N–H and O–H groups in total. The van der Waals surface area contributed by atoms with Gasteiger partial charge in [0.1, 0.15) is 0 Å². The van der Waals surface area contributed by atoms with Gasteiger partial charge < -0.3 is 10.2 Å². The normalized spacial score (nSPS) is 21.5. The lowest BCUT2D eigenvalue weighted by molar-refractivity contribution is 0.694. The maximum absolute atomic E-state index is 4.58. The van der Waals surface area contributed by atoms with Gasteiger partial charge in [-0.1, -0.05) is 12.8 Å². The predicted octanol–water partition coefficient (Wildman–Crippen LogP) is 2.78. The van der Waals surface area contributed by atoms with Gasteiger partial charge in [0, 0.05) is 36.8 Å². The van der Waals surface area contributed by atoms with Crippen LogP contribution < -0.4 is 10.2 Å². The summed E-state index contributed by atoms with van der Waals surface area (Å²) in [6.45, 7) is 3.40. The first-order valence-electron chi connectivity index (χ1n) is 6.85. The lowest BCUT2D eigenvalue weighted by Gasteiger charge is -2.18. The Morgan fingerprint density at radius 3 is 2.71 bits per heavy atom. The minimum absolute atomic E-state index is 0.790. The standard InChI is InChI=1S/C13H21N3S/c1-2-4-8-16(7-3-1)13-15-10-12(17-13)9-14-11-5-6-11/h10-11,14H,1-9H2. The van der Waals surface area contributed by atoms with E-state index < -0.39 is 0 Å². The second-order valence-corrected chi connectivity index (χ2v) is 6.26. The third-order valence-corrected chi connectivity index (χ3v) is 4.62. The van der Waals surface area contributed by atoms with Crippen molar-refractivity contribution in [3.8, 4) is 0 Å². The first-order chi connectivity index (χ1) is 8.42. The number of rotatable bonds is 4. The summed E-state index contributed by atoms with van der Waals surface area (Å²) in [6, 6.07) is 0.790. The molecule has 1 aromatic rings. The molecule has 94 valence electrons. The molecule has 17 heavy (non-hydrogen) atoms. The van der Waals surface area contributed by atoms with E-state index in [2.05, 4.69) is 21.4 Å². The summed E-state index contributed by atoms with van der Waals surface area (Å²) in [6.07, 6.45) is 10.2. The van der Waals surface area contributed by atoms with Gasteiger partial charge in [-0.15, -0.1) is 11.3 Å². The lowest BCUT2D eigenvalue weighted by Crippen LogP contribution is -2.23. The molecule has 2 fully saturated rings. The van der Waals surface area contributed by atoms with E-state index in [-0.39, 0.29) is 0 Å². The van der Waals surface area contributed by atoms with E-state index in [1.54, 1.807) is 0 Å². The van der Waals surface area contributed by atoms with Crippen LogP contribution in [0.25, 0.3) is 0 Å². The van der Waals surface area contributed by atoms with E-state index in [1.807, 2.05) is 11.3 Å². The van der Waals surface area contributed by atoms with Crippen molar-refractivity contribution in [3.05, 3.63) is 11.1 Å². The number of thiazole rings is 1. The largest absolute Gasteiger partial charge is 0.348 e. The Balaban J connectivity index is 1.57. The molecule has 1 saturated carbocycles. The molecule has 2 heterocycles. The summed E-state index contributed by atoms with van der Waals surface area (Å²) < 4.78 is 0. The monoisotopic (exact) mass is 251 g/mol. The quantitative estimate of drug-likeness (QED) is 0.892. The van der Waals surface area contributed by atoms with Crippen LogP contribution in [-0.2, 0) is 6.54 Å². The van der Waals surface area contributed by atoms with E-state index in [4.69, 9.17) is 0 Å². The maximum Gasteiger partial charge on any atom is 0.185 e. The molecule has 0 bridgehead atoms. The Hall–Kier alpha value is -0.610. The molecule has 1 saturated heterocycles. The average Bonchev–Trinajstić information content (AvgIpc) is 3.12. The highest BCUT2D eigenvalue weighted by Gasteiger charge is 2.20. The molecule has 1 aromatic heterocycles. The Kier molecular flexibility index (Phi) is 3.62. The topological polar surface area (TPSA) is 28.2 Å². The fraction of sp³-hybridized carbons (Fsp3) is 0.769. The summed E-state index contributed by atoms with van der Waals surface area (Å²) >= 11 is 1.87. The summed E-state index contributed by atoms with van der Waals surface area (Å²) in [4.78, 5) is 8.44. The minimum atomic E-state index is 0.790. The Morgan fingerprint density at radius 2 is 2.00 bits per heavy atom. The van der Waals surface area contributed by atoms with Gasteiger partial charge in [-0.3, -0.25) is 0 Å². The van der Waals surface area contributed by atoms with E-state index in [0.29, 0.717) is 0 Å². The molecule has 2 aliphatic rings. The molecule has 3 nitrogen and oxygen atoms in total. The van der Waals surface area contributed by atoms with Crippen molar-refractivity contribution in [2.45, 2.75) is 51.1 Å². The molecule has 0 radical (unpaired) electrons. The van der Waals surface area contributed by atoms with E-state index in [1.165, 1.54) is 61.6 Å². The molecular formula is C13H21N3S. The zero-order valence-electron chi connectivity index (χ0n) is 10.3. The Labute approximate surface area is 107 Å². The van der Waals surface area contributed by atoms with Gasteiger partial charge in [-0.2, -0.15) is 0 Å². The first kappa shape index (κ1) is 11.5. The highest BCUT2D eigenvalue weighted by Crippen LogP contribution is 2.26. The first-order valence-corrected chi connectivity index (χ1v) is 7.66. The van der Waals surface area contributed by atoms with Crippen molar-refractivity contribution in [3.63, 3.8) is 0 Å². The maximum atomic E-state index is 4.58. The average molecular weight is 251 g/mol. The molecule has 4 heteroatoms. The van der Waals surface area contributed by atoms with Crippen LogP contribution >= 0.6 is 11.3 Å². The molecule has 0 aromatic carbocycles. The molecule has 1 aliphatic carbocycles. The van der Waals surface area contributed by atoms with E-state index >= 15 is 0 Å². The number of nitrogens with one attached hydrogen (secondary N) is 1. The van der Waals surface area contributed by atoms with Gasteiger partial charge in [0.15, 0.2) is 5.13 Å². The van der Waals surface area contributed by atoms with Crippen LogP contribution in [0.1, 0.15) is 43.4 Å². The predicted molar refractivity (Wildman–Crippen MR) is 72.7 cm³/mol. The SMILES string of the molecule is c1nc(N2CCCCCC2)sc1CNC1CC1. The molecule has 0 spiro atoms. The molecule has 0 unspecified atom stereocenters. The molecule has 0 atom stereocenters. The summed E-state index contributed by atoms with van der Waals surface area (Å²) in [5.41, 5.74) is 0. The summed E-state index contributed by atoms with van der Waals surface area (Å²) in [5.74, 6) is 0. The number of hydrogen-bond donors (Lipinski definition) is 1. The van der Waals surface area contributed by atoms with Crippen LogP contribution in [0.4, 0.5) is 5.13 Å². The fourth-order valence-electron chi connectivity index (χ4n) is 2.32. The van der Waals surface area contributed by atoms with Crippen LogP contribution in [0.3, 0.4) is 0 Å². The minimum Gasteiger partial charge on any atom is -0.348 e. The van der Waals surface area contributed by atoms with E-state index in [0.717, 1.165) is 12.6 Å². The van der Waals surface area contributed by atoms with Crippen molar-refractivity contribution < 1.29 is 0 Å². The fourth-order valence-corrected chi connectivity index (χ4v) is 3.23. The highest BCUT2D eigenvalue weighted by molar-refractivity contribution is 7.15. The van der Waals surface area contributed by atoms with Gasteiger partial charge in [-0.05, 0) is 25.7 Å². The molecular weight excluding hydrogens is 230 g/mol. The second-order valence-electron chi connectivity index (χ2n) is 5.17. The van der Waals surface area contributed by atoms with Gasteiger partial charge in [-0.25, -0.2) is 4.98 Å². The number of aromatic nitrogens is 1. The zero-order valence-corrected chi connectivity index (χ0v) is 11.1. The van der Waals surface area contributed by atoms with Crippen LogP contribution in [0.2, 0.25) is 0 Å². The summed E-state index contributed by atoms with van der Waals surface area (Å²) in [5, 5.41) is 4.79. The lowest BCUT2D eigenvalue weighted by atomic mass is 10.2. The Morgan fingerprint density at radius 1 is 1.24 bits per heavy atom. The number of hydrogen-bond acceptors (Lipinski definition) is 4. The van der Waals surface area contributed by atoms with Crippen molar-refractivity contribution in [2.24, 2.45) is 0 Å². The van der Waals surface area contributed by atoms with Crippen molar-refractivity contribution in [1.82, 2.24) is 10.3 Å². The Bertz CT molecular complexity index is 351. The molecule has 0 amide bonds. The zero-order chi connectivity index (χ0) is 11.5. The molecule has 3 rings (SSSR count). The van der Waals surface area contributed by atoms with Crippen molar-refractivity contribution in [1.29, 1.82) is 0 Å². The van der Waals surface area contributed by atoms with Gasteiger partial charge in [0.05, 0.1) is 0 Å². The van der Waals surface area contributed by atoms with Gasteiger partial charge in [0.2, 0.25) is 0 Å². The van der Waals surface area contributed by atoms with Crippen molar-refractivity contribution >= 4 is 16.5 Å². The third-order valence-electron chi connectivity index (χ3n) is 3.56. The van der Waals surface area contributed by atoms with Crippen LogP contribution in [-0.4, -0.2) is 24.1 Å². The van der Waals surface area contributed by atoms with Crippen molar-refractivity contribution in [2.75, 3.05) is 18.0 Å². The van der Waals surface area contributed by atoms with Gasteiger partial charge >= 0.3 is 0 Å². The van der Waals surface area contributed by atoms with Gasteiger partial charge in [0.25, 0.3) is 0 Å². The summed E-state index contributed by atoms with van der Waals surface area (Å²) in [7, 11) is 0. The van der Waals surface area contributed by atoms with Crippen LogP contribution in [0, 0.1) is 0 Å². The van der Waals surface area contributed by atoms with E-state index in [9.17, 15) is 0 Å². The van der Waals surface area contributed by atoms with Crippen LogP contribution in [0.15, 0.2) is 6.20 Å². The number of anilines is 1. The molecule has 1 aliphatic heterocycles. The smallest absolute Gasteiger partial charge is 0.185 e.